The van der Waals surface area contributed by atoms with E-state index in [0.717, 1.165) is 11.1 Å². The Morgan fingerprint density at radius 2 is 2.17 bits per heavy atom. The van der Waals surface area contributed by atoms with E-state index in [4.69, 9.17) is 9.15 Å². The summed E-state index contributed by atoms with van der Waals surface area (Å²) in [5.74, 6) is 0.962. The van der Waals surface area contributed by atoms with E-state index in [9.17, 15) is 0 Å². The Morgan fingerprint density at radius 3 is 2.94 bits per heavy atom. The zero-order chi connectivity index (χ0) is 12.5. The molecule has 0 aromatic carbocycles. The van der Waals surface area contributed by atoms with E-state index in [2.05, 4.69) is 15.0 Å². The highest BCUT2D eigenvalue weighted by atomic mass is 16.5. The highest BCUT2D eigenvalue weighted by molar-refractivity contribution is 5.73. The molecule has 18 heavy (non-hydrogen) atoms. The van der Waals surface area contributed by atoms with E-state index < -0.39 is 0 Å². The maximum absolute atomic E-state index is 5.66. The fourth-order valence-electron chi connectivity index (χ4n) is 1.76. The van der Waals surface area contributed by atoms with Crippen LogP contribution in [0, 0.1) is 6.92 Å². The van der Waals surface area contributed by atoms with Crippen LogP contribution in [0.2, 0.25) is 0 Å². The summed E-state index contributed by atoms with van der Waals surface area (Å²) in [4.78, 5) is 12.7. The van der Waals surface area contributed by atoms with Crippen LogP contribution in [-0.2, 0) is 0 Å². The van der Waals surface area contributed by atoms with E-state index in [1.807, 2.05) is 25.1 Å². The molecule has 3 heterocycles. The van der Waals surface area contributed by atoms with Gasteiger partial charge in [-0.15, -0.1) is 0 Å². The summed E-state index contributed by atoms with van der Waals surface area (Å²) >= 11 is 0. The molecule has 0 amide bonds. The van der Waals surface area contributed by atoms with Crippen LogP contribution < -0.4 is 4.74 Å². The summed E-state index contributed by atoms with van der Waals surface area (Å²) in [6.07, 6.45) is 3.42. The monoisotopic (exact) mass is 241 g/mol. The Hall–Kier alpha value is -2.43. The van der Waals surface area contributed by atoms with Crippen molar-refractivity contribution in [3.8, 4) is 17.3 Å². The van der Waals surface area contributed by atoms with E-state index in [1.165, 1.54) is 0 Å². The Labute approximate surface area is 103 Å². The SMILES string of the molecule is COc1ncc(C)cc1-c1nc2ncccc2o1. The summed E-state index contributed by atoms with van der Waals surface area (Å²) in [6, 6.07) is 5.56. The number of nitrogens with zero attached hydrogens (tertiary/aromatic N) is 3. The van der Waals surface area contributed by atoms with E-state index in [1.54, 1.807) is 19.5 Å². The number of hydrogen-bond donors (Lipinski definition) is 0. The number of aryl methyl sites for hydroxylation is 1. The van der Waals surface area contributed by atoms with E-state index >= 15 is 0 Å². The average Bonchev–Trinajstić information content (AvgIpc) is 2.82. The minimum absolute atomic E-state index is 0.469. The zero-order valence-corrected chi connectivity index (χ0v) is 10.0. The van der Waals surface area contributed by atoms with Crippen molar-refractivity contribution in [2.45, 2.75) is 6.92 Å². The topological polar surface area (TPSA) is 61.0 Å². The smallest absolute Gasteiger partial charge is 0.234 e. The van der Waals surface area contributed by atoms with Crippen LogP contribution in [0.15, 0.2) is 35.0 Å². The summed E-state index contributed by atoms with van der Waals surface area (Å²) in [5, 5.41) is 0. The predicted molar refractivity (Wildman–Crippen MR) is 66.3 cm³/mol. The highest BCUT2D eigenvalue weighted by Crippen LogP contribution is 2.29. The molecule has 0 bridgehead atoms. The molecule has 3 aromatic heterocycles. The van der Waals surface area contributed by atoms with Gasteiger partial charge in [0.1, 0.15) is 0 Å². The lowest BCUT2D eigenvalue weighted by Gasteiger charge is -2.04. The number of hydrogen-bond acceptors (Lipinski definition) is 5. The van der Waals surface area contributed by atoms with E-state index in [0.29, 0.717) is 23.0 Å². The Morgan fingerprint density at radius 1 is 1.28 bits per heavy atom. The number of fused-ring (bicyclic) bond motifs is 1. The minimum Gasteiger partial charge on any atom is -0.480 e. The fourth-order valence-corrected chi connectivity index (χ4v) is 1.76. The van der Waals surface area contributed by atoms with Crippen LogP contribution in [0.3, 0.4) is 0 Å². The van der Waals surface area contributed by atoms with Crippen molar-refractivity contribution < 1.29 is 9.15 Å². The zero-order valence-electron chi connectivity index (χ0n) is 10.0. The maximum Gasteiger partial charge on any atom is 0.234 e. The molecular formula is C13H11N3O2. The first-order valence-electron chi connectivity index (χ1n) is 5.50. The molecule has 0 spiro atoms. The molecule has 0 N–H and O–H groups in total. The van der Waals surface area contributed by atoms with Gasteiger partial charge >= 0.3 is 0 Å². The van der Waals surface area contributed by atoms with Gasteiger partial charge in [0.05, 0.1) is 12.7 Å². The van der Waals surface area contributed by atoms with Crippen LogP contribution in [0.25, 0.3) is 22.7 Å². The van der Waals surface area contributed by atoms with Crippen molar-refractivity contribution in [2.24, 2.45) is 0 Å². The van der Waals surface area contributed by atoms with E-state index in [-0.39, 0.29) is 0 Å². The van der Waals surface area contributed by atoms with Gasteiger partial charge < -0.3 is 9.15 Å². The van der Waals surface area contributed by atoms with Crippen LogP contribution in [-0.4, -0.2) is 22.1 Å². The lowest BCUT2D eigenvalue weighted by atomic mass is 10.2. The van der Waals surface area contributed by atoms with Crippen molar-refractivity contribution in [3.05, 3.63) is 36.2 Å². The first-order valence-corrected chi connectivity index (χ1v) is 5.50. The first kappa shape index (κ1) is 10.7. The van der Waals surface area contributed by atoms with Crippen LogP contribution >= 0.6 is 0 Å². The molecule has 0 fully saturated rings. The predicted octanol–water partition coefficient (Wildman–Crippen LogP) is 2.60. The molecule has 0 saturated carbocycles. The molecule has 5 nitrogen and oxygen atoms in total. The number of methoxy groups -OCH3 is 1. The van der Waals surface area contributed by atoms with Gasteiger partial charge in [-0.05, 0) is 30.7 Å². The van der Waals surface area contributed by atoms with Gasteiger partial charge in [-0.2, -0.15) is 4.98 Å². The maximum atomic E-state index is 5.66. The molecule has 0 aliphatic carbocycles. The fraction of sp³-hybridized carbons (Fsp3) is 0.154. The summed E-state index contributed by atoms with van der Waals surface area (Å²) in [7, 11) is 1.57. The second-order valence-electron chi connectivity index (χ2n) is 3.91. The summed E-state index contributed by atoms with van der Waals surface area (Å²) < 4.78 is 10.9. The van der Waals surface area contributed by atoms with Crippen molar-refractivity contribution in [3.63, 3.8) is 0 Å². The van der Waals surface area contributed by atoms with Crippen molar-refractivity contribution in [1.29, 1.82) is 0 Å². The molecule has 5 heteroatoms. The molecule has 0 radical (unpaired) electrons. The van der Waals surface area contributed by atoms with Crippen molar-refractivity contribution in [1.82, 2.24) is 15.0 Å². The number of oxazole rings is 1. The normalized spacial score (nSPS) is 10.8. The standard InChI is InChI=1S/C13H11N3O2/c1-8-6-9(12(17-2)15-7-8)13-16-11-10(18-13)4-3-5-14-11/h3-7H,1-2H3. The third-order valence-corrected chi connectivity index (χ3v) is 2.58. The van der Waals surface area contributed by atoms with Gasteiger partial charge in [-0.3, -0.25) is 0 Å². The third-order valence-electron chi connectivity index (χ3n) is 2.58. The van der Waals surface area contributed by atoms with Crippen molar-refractivity contribution in [2.75, 3.05) is 7.11 Å². The number of pyridine rings is 2. The molecule has 3 rings (SSSR count). The minimum atomic E-state index is 0.469. The molecule has 0 aliphatic heterocycles. The van der Waals surface area contributed by atoms with Gasteiger partial charge in [0.2, 0.25) is 11.8 Å². The molecule has 3 aromatic rings. The molecule has 90 valence electrons. The Kier molecular flexibility index (Phi) is 2.44. The van der Waals surface area contributed by atoms with Gasteiger partial charge in [0.15, 0.2) is 11.2 Å². The third kappa shape index (κ3) is 1.69. The quantitative estimate of drug-likeness (QED) is 0.690. The second kappa shape index (κ2) is 4.10. The lowest BCUT2D eigenvalue weighted by Crippen LogP contribution is -1.92. The Balaban J connectivity index is 2.22. The summed E-state index contributed by atoms with van der Waals surface area (Å²) in [5.41, 5.74) is 2.98. The molecule has 0 unspecified atom stereocenters. The van der Waals surface area contributed by atoms with Crippen LogP contribution in [0.5, 0.6) is 5.88 Å². The molecule has 0 atom stereocenters. The van der Waals surface area contributed by atoms with Gasteiger partial charge in [-0.1, -0.05) is 0 Å². The lowest BCUT2D eigenvalue weighted by molar-refractivity contribution is 0.398. The average molecular weight is 241 g/mol. The molecule has 0 aliphatic rings. The second-order valence-corrected chi connectivity index (χ2v) is 3.91. The largest absolute Gasteiger partial charge is 0.480 e. The summed E-state index contributed by atoms with van der Waals surface area (Å²) in [6.45, 7) is 1.96. The molecular weight excluding hydrogens is 230 g/mol. The number of rotatable bonds is 2. The first-order chi connectivity index (χ1) is 8.78. The molecule has 0 saturated heterocycles. The Bertz CT molecular complexity index is 673. The van der Waals surface area contributed by atoms with Crippen LogP contribution in [0.1, 0.15) is 5.56 Å². The highest BCUT2D eigenvalue weighted by Gasteiger charge is 2.14. The van der Waals surface area contributed by atoms with Gasteiger partial charge in [0.25, 0.3) is 0 Å². The van der Waals surface area contributed by atoms with Gasteiger partial charge in [-0.25, -0.2) is 9.97 Å². The van der Waals surface area contributed by atoms with Crippen LogP contribution in [0.4, 0.5) is 0 Å². The van der Waals surface area contributed by atoms with Crippen molar-refractivity contribution >= 4 is 11.2 Å². The number of aromatic nitrogens is 3. The number of ether oxygens (including phenoxy) is 1. The van der Waals surface area contributed by atoms with Gasteiger partial charge in [0, 0.05) is 12.4 Å².